The number of imidazole rings is 1. The third-order valence-corrected chi connectivity index (χ3v) is 8.34. The summed E-state index contributed by atoms with van der Waals surface area (Å²) in [4.78, 5) is 18.7. The number of H-pyrrole nitrogens is 1. The van der Waals surface area contributed by atoms with E-state index in [0.717, 1.165) is 53.8 Å². The van der Waals surface area contributed by atoms with Crippen LogP contribution in [0.5, 0.6) is 0 Å². The van der Waals surface area contributed by atoms with Gasteiger partial charge in [0.15, 0.2) is 0 Å². The van der Waals surface area contributed by atoms with E-state index in [1.807, 2.05) is 41.1 Å². The van der Waals surface area contributed by atoms with Crippen LogP contribution >= 0.6 is 0 Å². The molecule has 0 bridgehead atoms. The third-order valence-electron chi connectivity index (χ3n) is 8.34. The second kappa shape index (κ2) is 11.5. The minimum absolute atomic E-state index is 0.112. The van der Waals surface area contributed by atoms with E-state index in [-0.39, 0.29) is 11.7 Å². The summed E-state index contributed by atoms with van der Waals surface area (Å²) in [6.07, 6.45) is 10.6. The summed E-state index contributed by atoms with van der Waals surface area (Å²) in [5.74, 6) is 2.22. The van der Waals surface area contributed by atoms with E-state index in [1.54, 1.807) is 0 Å². The van der Waals surface area contributed by atoms with Gasteiger partial charge in [0.2, 0.25) is 5.82 Å². The van der Waals surface area contributed by atoms with Crippen LogP contribution in [0.15, 0.2) is 53.6 Å². The van der Waals surface area contributed by atoms with Crippen molar-refractivity contribution in [2.24, 2.45) is 17.8 Å². The molecule has 1 N–H and O–H groups in total. The molecule has 0 spiro atoms. The molecule has 1 aromatic carbocycles. The molecule has 0 radical (unpaired) electrons. The van der Waals surface area contributed by atoms with Crippen LogP contribution in [0.4, 0.5) is 0 Å². The zero-order chi connectivity index (χ0) is 26.6. The Morgan fingerprint density at radius 1 is 1.08 bits per heavy atom. The number of hydrogen-bond acceptors (Lipinski definition) is 5. The van der Waals surface area contributed by atoms with Gasteiger partial charge in [0.05, 0.1) is 12.2 Å². The summed E-state index contributed by atoms with van der Waals surface area (Å²) >= 11 is 0. The van der Waals surface area contributed by atoms with Crippen molar-refractivity contribution in [2.75, 3.05) is 0 Å². The van der Waals surface area contributed by atoms with E-state index >= 15 is 0 Å². The molecule has 200 valence electrons. The van der Waals surface area contributed by atoms with Gasteiger partial charge in [0.25, 0.3) is 0 Å². The van der Waals surface area contributed by atoms with Crippen LogP contribution in [0.1, 0.15) is 77.2 Å². The maximum absolute atomic E-state index is 13.9. The molecule has 0 amide bonds. The Morgan fingerprint density at radius 2 is 1.89 bits per heavy atom. The SMILES string of the molecule is CCCCc1cn(C2C(CC)CCC2C(C)C)c(=O)n1Cc1ccc(-c2ccccc2-c2nn[nH]n2)cn1. The van der Waals surface area contributed by atoms with Crippen molar-refractivity contribution in [3.63, 3.8) is 0 Å². The number of aryl methyl sites for hydroxylation is 1. The predicted octanol–water partition coefficient (Wildman–Crippen LogP) is 5.92. The van der Waals surface area contributed by atoms with E-state index in [2.05, 4.69) is 65.1 Å². The molecule has 5 rings (SSSR count). The van der Waals surface area contributed by atoms with Crippen molar-refractivity contribution in [1.82, 2.24) is 34.7 Å². The number of benzene rings is 1. The molecule has 3 unspecified atom stereocenters. The molecule has 8 heteroatoms. The molecular formula is C30H39N7O. The second-order valence-electron chi connectivity index (χ2n) is 11.0. The molecule has 8 nitrogen and oxygen atoms in total. The number of hydrogen-bond donors (Lipinski definition) is 1. The van der Waals surface area contributed by atoms with Crippen LogP contribution < -0.4 is 5.69 Å². The van der Waals surface area contributed by atoms with E-state index in [9.17, 15) is 4.79 Å². The first-order chi connectivity index (χ1) is 18.5. The number of unbranched alkanes of at least 4 members (excludes halogenated alkanes) is 1. The van der Waals surface area contributed by atoms with Gasteiger partial charge in [0, 0.05) is 35.3 Å². The van der Waals surface area contributed by atoms with E-state index in [4.69, 9.17) is 4.98 Å². The molecule has 0 aliphatic heterocycles. The number of aromatic nitrogens is 7. The van der Waals surface area contributed by atoms with Crippen LogP contribution in [0, 0.1) is 17.8 Å². The fourth-order valence-corrected chi connectivity index (χ4v) is 6.24. The fourth-order valence-electron chi connectivity index (χ4n) is 6.24. The van der Waals surface area contributed by atoms with Crippen LogP contribution in [0.3, 0.4) is 0 Å². The first kappa shape index (κ1) is 26.1. The molecule has 3 atom stereocenters. The topological polar surface area (TPSA) is 94.3 Å². The van der Waals surface area contributed by atoms with Crippen LogP contribution in [-0.2, 0) is 13.0 Å². The van der Waals surface area contributed by atoms with Crippen LogP contribution in [0.25, 0.3) is 22.5 Å². The molecule has 1 saturated carbocycles. The number of tetrazole rings is 1. The standard InChI is InChI=1S/C30H39N7O/c1-5-7-10-24-19-37(28-21(6-2)14-16-25(28)20(3)4)30(38)36(24)18-23-15-13-22(17-31-23)26-11-8-9-12-27(26)29-32-34-35-33-29/h8-9,11-13,15,17,19-21,25,28H,5-7,10,14,16,18H2,1-4H3,(H,32,33,34,35). The quantitative estimate of drug-likeness (QED) is 0.284. The fraction of sp³-hybridized carbons (Fsp3) is 0.500. The van der Waals surface area contributed by atoms with Crippen molar-refractivity contribution in [3.05, 3.63) is 70.7 Å². The normalized spacial score (nSPS) is 19.4. The summed E-state index contributed by atoms with van der Waals surface area (Å²) in [6.45, 7) is 9.55. The lowest BCUT2D eigenvalue weighted by molar-refractivity contribution is 0.243. The summed E-state index contributed by atoms with van der Waals surface area (Å²) in [5.41, 5.74) is 4.97. The predicted molar refractivity (Wildman–Crippen MR) is 150 cm³/mol. The van der Waals surface area contributed by atoms with E-state index in [1.165, 1.54) is 12.8 Å². The molecule has 1 aliphatic carbocycles. The first-order valence-corrected chi connectivity index (χ1v) is 14.1. The Kier molecular flexibility index (Phi) is 7.86. The zero-order valence-corrected chi connectivity index (χ0v) is 23.0. The third kappa shape index (κ3) is 5.08. The van der Waals surface area contributed by atoms with Crippen LogP contribution in [0.2, 0.25) is 0 Å². The Bertz CT molecular complexity index is 1380. The number of pyridine rings is 1. The molecule has 0 saturated heterocycles. The van der Waals surface area contributed by atoms with Gasteiger partial charge in [-0.25, -0.2) is 4.79 Å². The molecule has 38 heavy (non-hydrogen) atoms. The summed E-state index contributed by atoms with van der Waals surface area (Å²) in [5, 5.41) is 14.5. The van der Waals surface area contributed by atoms with E-state index < -0.39 is 0 Å². The van der Waals surface area contributed by atoms with Crippen molar-refractivity contribution < 1.29 is 0 Å². The maximum Gasteiger partial charge on any atom is 0.328 e. The van der Waals surface area contributed by atoms with Crippen LogP contribution in [-0.4, -0.2) is 34.7 Å². The van der Waals surface area contributed by atoms with Gasteiger partial charge in [-0.1, -0.05) is 70.9 Å². The lowest BCUT2D eigenvalue weighted by atomic mass is 9.87. The summed E-state index contributed by atoms with van der Waals surface area (Å²) in [7, 11) is 0. The van der Waals surface area contributed by atoms with Gasteiger partial charge in [-0.15, -0.1) is 10.2 Å². The Hall–Kier alpha value is -3.55. The van der Waals surface area contributed by atoms with Crippen molar-refractivity contribution in [1.29, 1.82) is 0 Å². The van der Waals surface area contributed by atoms with Gasteiger partial charge in [-0.05, 0) is 60.3 Å². The van der Waals surface area contributed by atoms with Gasteiger partial charge < -0.3 is 0 Å². The van der Waals surface area contributed by atoms with Gasteiger partial charge in [0.1, 0.15) is 0 Å². The lowest BCUT2D eigenvalue weighted by Crippen LogP contribution is -2.33. The second-order valence-corrected chi connectivity index (χ2v) is 11.0. The highest BCUT2D eigenvalue weighted by Crippen LogP contribution is 2.45. The Labute approximate surface area is 224 Å². The number of nitrogens with one attached hydrogen (secondary N) is 1. The highest BCUT2D eigenvalue weighted by atomic mass is 16.1. The van der Waals surface area contributed by atoms with Gasteiger partial charge in [-0.3, -0.25) is 14.1 Å². The van der Waals surface area contributed by atoms with E-state index in [0.29, 0.717) is 30.1 Å². The van der Waals surface area contributed by atoms with Crippen molar-refractivity contribution in [2.45, 2.75) is 78.8 Å². The Morgan fingerprint density at radius 3 is 2.55 bits per heavy atom. The molecule has 3 aromatic heterocycles. The zero-order valence-electron chi connectivity index (χ0n) is 23.0. The molecule has 3 heterocycles. The number of nitrogens with zero attached hydrogens (tertiary/aromatic N) is 6. The lowest BCUT2D eigenvalue weighted by Gasteiger charge is -2.27. The molecular weight excluding hydrogens is 474 g/mol. The van der Waals surface area contributed by atoms with Crippen molar-refractivity contribution in [3.8, 4) is 22.5 Å². The molecule has 1 aliphatic rings. The minimum atomic E-state index is 0.112. The largest absolute Gasteiger partial charge is 0.328 e. The smallest absolute Gasteiger partial charge is 0.295 e. The Balaban J connectivity index is 1.46. The summed E-state index contributed by atoms with van der Waals surface area (Å²) in [6, 6.07) is 12.3. The average molecular weight is 514 g/mol. The first-order valence-electron chi connectivity index (χ1n) is 14.1. The summed E-state index contributed by atoms with van der Waals surface area (Å²) < 4.78 is 4.06. The minimum Gasteiger partial charge on any atom is -0.295 e. The number of aromatic amines is 1. The molecule has 1 fully saturated rings. The highest BCUT2D eigenvalue weighted by molar-refractivity contribution is 5.79. The highest BCUT2D eigenvalue weighted by Gasteiger charge is 2.39. The molecule has 4 aromatic rings. The van der Waals surface area contributed by atoms with Gasteiger partial charge in [-0.2, -0.15) is 5.21 Å². The number of rotatable bonds is 10. The van der Waals surface area contributed by atoms with Crippen molar-refractivity contribution >= 4 is 0 Å². The maximum atomic E-state index is 13.9. The monoisotopic (exact) mass is 513 g/mol. The van der Waals surface area contributed by atoms with Gasteiger partial charge >= 0.3 is 5.69 Å². The average Bonchev–Trinajstić information content (AvgIpc) is 3.68.